The third kappa shape index (κ3) is 2.27. The highest BCUT2D eigenvalue weighted by atomic mass is 32.2. The molecular weight excluding hydrogens is 166 g/mol. The zero-order valence-electron chi connectivity index (χ0n) is 6.28. The highest BCUT2D eigenvalue weighted by Crippen LogP contribution is 2.39. The van der Waals surface area contributed by atoms with E-state index in [1.54, 1.807) is 0 Å². The summed E-state index contributed by atoms with van der Waals surface area (Å²) in [6, 6.07) is 0. The Balaban J connectivity index is 2.26. The topological polar surface area (TPSA) is 69.4 Å². The van der Waals surface area contributed by atoms with Gasteiger partial charge in [-0.2, -0.15) is 0 Å². The van der Waals surface area contributed by atoms with E-state index in [2.05, 4.69) is 4.74 Å². The standard InChI is InChI=1S/C6H11NO3S/c1-10-6(8)5-2-4(5)3-11(7)9/h4-5H,2-3,7H2,1H3/t4-,5-,11?/m1/s1. The average molecular weight is 177 g/mol. The smallest absolute Gasteiger partial charge is 0.308 e. The van der Waals surface area contributed by atoms with Crippen molar-refractivity contribution in [2.45, 2.75) is 6.42 Å². The van der Waals surface area contributed by atoms with Crippen molar-refractivity contribution in [1.29, 1.82) is 0 Å². The molecule has 0 heterocycles. The minimum Gasteiger partial charge on any atom is -0.469 e. The van der Waals surface area contributed by atoms with Gasteiger partial charge in [-0.1, -0.05) is 0 Å². The summed E-state index contributed by atoms with van der Waals surface area (Å²) in [6.07, 6.45) is 0.773. The molecule has 5 heteroatoms. The van der Waals surface area contributed by atoms with Gasteiger partial charge >= 0.3 is 5.97 Å². The summed E-state index contributed by atoms with van der Waals surface area (Å²) in [5.74, 6) is 0.348. The molecule has 1 fully saturated rings. The average Bonchev–Trinajstić information content (AvgIpc) is 2.65. The van der Waals surface area contributed by atoms with E-state index in [9.17, 15) is 9.00 Å². The molecule has 4 nitrogen and oxygen atoms in total. The molecule has 1 aliphatic rings. The fourth-order valence-electron chi connectivity index (χ4n) is 1.08. The fraction of sp³-hybridized carbons (Fsp3) is 0.833. The summed E-state index contributed by atoms with van der Waals surface area (Å²) in [5, 5.41) is 5.06. The summed E-state index contributed by atoms with van der Waals surface area (Å²) in [5.41, 5.74) is 0. The third-order valence-electron chi connectivity index (χ3n) is 1.80. The van der Waals surface area contributed by atoms with Crippen molar-refractivity contribution >= 4 is 17.0 Å². The highest BCUT2D eigenvalue weighted by molar-refractivity contribution is 7.82. The molecule has 0 aromatic rings. The van der Waals surface area contributed by atoms with E-state index in [-0.39, 0.29) is 17.8 Å². The van der Waals surface area contributed by atoms with Gasteiger partial charge in [-0.25, -0.2) is 4.21 Å². The number of carbonyl (C=O) groups is 1. The van der Waals surface area contributed by atoms with E-state index in [1.165, 1.54) is 7.11 Å². The zero-order valence-corrected chi connectivity index (χ0v) is 7.10. The first kappa shape index (κ1) is 8.67. The minimum absolute atomic E-state index is 0.0486. The molecule has 1 rings (SSSR count). The molecule has 2 N–H and O–H groups in total. The number of rotatable bonds is 3. The lowest BCUT2D eigenvalue weighted by molar-refractivity contribution is -0.142. The number of nitrogens with two attached hydrogens (primary N) is 1. The summed E-state index contributed by atoms with van der Waals surface area (Å²) in [7, 11) is 0.0781. The Bertz CT molecular complexity index is 194. The van der Waals surface area contributed by atoms with E-state index in [4.69, 9.17) is 5.14 Å². The van der Waals surface area contributed by atoms with E-state index < -0.39 is 11.0 Å². The van der Waals surface area contributed by atoms with Crippen LogP contribution in [0.1, 0.15) is 6.42 Å². The van der Waals surface area contributed by atoms with Crippen LogP contribution in [0.2, 0.25) is 0 Å². The number of carbonyl (C=O) groups excluding carboxylic acids is 1. The van der Waals surface area contributed by atoms with Gasteiger partial charge in [0.1, 0.15) is 0 Å². The van der Waals surface area contributed by atoms with Gasteiger partial charge in [0.2, 0.25) is 0 Å². The normalized spacial score (nSPS) is 31.1. The lowest BCUT2D eigenvalue weighted by Gasteiger charge is -1.95. The van der Waals surface area contributed by atoms with Crippen molar-refractivity contribution in [3.05, 3.63) is 0 Å². The minimum atomic E-state index is -1.28. The fourth-order valence-corrected chi connectivity index (χ4v) is 1.87. The summed E-state index contributed by atoms with van der Waals surface area (Å²) in [4.78, 5) is 10.8. The molecule has 0 spiro atoms. The van der Waals surface area contributed by atoms with Crippen LogP contribution in [0.15, 0.2) is 0 Å². The second-order valence-electron chi connectivity index (χ2n) is 2.67. The molecule has 11 heavy (non-hydrogen) atoms. The Morgan fingerprint density at radius 1 is 1.82 bits per heavy atom. The van der Waals surface area contributed by atoms with Crippen molar-refractivity contribution < 1.29 is 13.7 Å². The van der Waals surface area contributed by atoms with Gasteiger partial charge in [-0.05, 0) is 12.3 Å². The van der Waals surface area contributed by atoms with Crippen LogP contribution >= 0.6 is 0 Å². The molecule has 1 unspecified atom stereocenters. The lowest BCUT2D eigenvalue weighted by Crippen LogP contribution is -2.12. The highest BCUT2D eigenvalue weighted by Gasteiger charge is 2.44. The monoisotopic (exact) mass is 177 g/mol. The quantitative estimate of drug-likeness (QED) is 0.586. The Morgan fingerprint density at radius 2 is 2.45 bits per heavy atom. The SMILES string of the molecule is COC(=O)[C@@H]1C[C@@H]1CS(N)=O. The molecule has 0 amide bonds. The zero-order chi connectivity index (χ0) is 8.43. The largest absolute Gasteiger partial charge is 0.469 e. The first-order valence-electron chi connectivity index (χ1n) is 3.35. The Morgan fingerprint density at radius 3 is 2.91 bits per heavy atom. The molecule has 0 bridgehead atoms. The second kappa shape index (κ2) is 3.32. The van der Waals surface area contributed by atoms with Gasteiger partial charge in [-0.3, -0.25) is 9.93 Å². The van der Waals surface area contributed by atoms with Crippen molar-refractivity contribution in [2.24, 2.45) is 17.0 Å². The molecule has 0 aromatic heterocycles. The van der Waals surface area contributed by atoms with Crippen LogP contribution in [0.3, 0.4) is 0 Å². The van der Waals surface area contributed by atoms with Gasteiger partial charge in [-0.15, -0.1) is 0 Å². The predicted octanol–water partition coefficient (Wildman–Crippen LogP) is -0.582. The predicted molar refractivity (Wildman–Crippen MR) is 40.8 cm³/mol. The van der Waals surface area contributed by atoms with Gasteiger partial charge in [0.05, 0.1) is 24.0 Å². The molecular formula is C6H11NO3S. The number of esters is 1. The van der Waals surface area contributed by atoms with Crippen LogP contribution in [0, 0.1) is 11.8 Å². The Kier molecular flexibility index (Phi) is 2.62. The van der Waals surface area contributed by atoms with Gasteiger partial charge in [0, 0.05) is 5.75 Å². The molecule has 1 aliphatic carbocycles. The summed E-state index contributed by atoms with van der Waals surface area (Å²) in [6.45, 7) is 0. The van der Waals surface area contributed by atoms with E-state index in [0.717, 1.165) is 6.42 Å². The molecule has 0 aliphatic heterocycles. The number of methoxy groups -OCH3 is 1. The van der Waals surface area contributed by atoms with Gasteiger partial charge < -0.3 is 4.74 Å². The number of hydrogen-bond acceptors (Lipinski definition) is 3. The molecule has 1 saturated carbocycles. The van der Waals surface area contributed by atoms with Crippen LogP contribution in [0.25, 0.3) is 0 Å². The molecule has 0 aromatic carbocycles. The molecule has 64 valence electrons. The van der Waals surface area contributed by atoms with Gasteiger partial charge in [0.15, 0.2) is 0 Å². The maximum Gasteiger partial charge on any atom is 0.308 e. The first-order chi connectivity index (χ1) is 5.15. The van der Waals surface area contributed by atoms with E-state index in [1.807, 2.05) is 0 Å². The number of ether oxygens (including phenoxy) is 1. The molecule has 0 radical (unpaired) electrons. The Labute approximate surface area is 67.7 Å². The van der Waals surface area contributed by atoms with Gasteiger partial charge in [0.25, 0.3) is 0 Å². The van der Waals surface area contributed by atoms with E-state index >= 15 is 0 Å². The third-order valence-corrected chi connectivity index (χ3v) is 2.56. The van der Waals surface area contributed by atoms with Crippen LogP contribution in [-0.2, 0) is 20.5 Å². The number of hydrogen-bond donors (Lipinski definition) is 1. The van der Waals surface area contributed by atoms with Crippen LogP contribution < -0.4 is 5.14 Å². The van der Waals surface area contributed by atoms with Crippen molar-refractivity contribution in [3.8, 4) is 0 Å². The maximum atomic E-state index is 10.8. The van der Waals surface area contributed by atoms with Crippen LogP contribution in [0.5, 0.6) is 0 Å². The molecule has 3 atom stereocenters. The van der Waals surface area contributed by atoms with Crippen LogP contribution in [0.4, 0.5) is 0 Å². The van der Waals surface area contributed by atoms with E-state index in [0.29, 0.717) is 5.75 Å². The Hall–Kier alpha value is -0.420. The van der Waals surface area contributed by atoms with Crippen molar-refractivity contribution in [2.75, 3.05) is 12.9 Å². The summed E-state index contributed by atoms with van der Waals surface area (Å²) < 4.78 is 15.0. The van der Waals surface area contributed by atoms with Crippen molar-refractivity contribution in [3.63, 3.8) is 0 Å². The molecule has 0 saturated heterocycles. The first-order valence-corrected chi connectivity index (χ1v) is 4.74. The lowest BCUT2D eigenvalue weighted by atomic mass is 10.3. The van der Waals surface area contributed by atoms with Crippen molar-refractivity contribution in [1.82, 2.24) is 0 Å². The second-order valence-corrected chi connectivity index (χ2v) is 3.77. The summed E-state index contributed by atoms with van der Waals surface area (Å²) >= 11 is 0. The maximum absolute atomic E-state index is 10.8. The van der Waals surface area contributed by atoms with Crippen LogP contribution in [-0.4, -0.2) is 23.0 Å².